The van der Waals surface area contributed by atoms with Gasteiger partial charge in [0, 0.05) is 28.6 Å². The van der Waals surface area contributed by atoms with Crippen LogP contribution < -0.4 is 0 Å². The lowest BCUT2D eigenvalue weighted by Gasteiger charge is -2.00. The lowest BCUT2D eigenvalue weighted by Crippen LogP contribution is -2.11. The first-order valence-corrected chi connectivity index (χ1v) is 7.85. The van der Waals surface area contributed by atoms with Gasteiger partial charge in [-0.05, 0) is 6.07 Å². The summed E-state index contributed by atoms with van der Waals surface area (Å²) < 4.78 is 23.8. The van der Waals surface area contributed by atoms with E-state index in [1.54, 1.807) is 17.1 Å². The SMILES string of the molecule is CS(=O)(=O)CCn1cc(-c2ccccc2Cl)cn1. The second kappa shape index (κ2) is 5.12. The molecule has 0 saturated heterocycles. The number of sulfone groups is 1. The molecule has 0 radical (unpaired) electrons. The maximum atomic E-state index is 11.1. The Morgan fingerprint density at radius 1 is 1.33 bits per heavy atom. The topological polar surface area (TPSA) is 52.0 Å². The number of halogens is 1. The smallest absolute Gasteiger partial charge is 0.149 e. The van der Waals surface area contributed by atoms with E-state index in [2.05, 4.69) is 5.10 Å². The molecule has 0 N–H and O–H groups in total. The fourth-order valence-electron chi connectivity index (χ4n) is 1.58. The molecule has 0 unspecified atom stereocenters. The highest BCUT2D eigenvalue weighted by Crippen LogP contribution is 2.26. The largest absolute Gasteiger partial charge is 0.271 e. The minimum absolute atomic E-state index is 0.0800. The van der Waals surface area contributed by atoms with Crippen LogP contribution in [0.4, 0.5) is 0 Å². The fourth-order valence-corrected chi connectivity index (χ4v) is 2.34. The van der Waals surface area contributed by atoms with E-state index in [1.807, 2.05) is 24.3 Å². The predicted molar refractivity (Wildman–Crippen MR) is 72.4 cm³/mol. The second-order valence-electron chi connectivity index (χ2n) is 4.10. The molecule has 0 amide bonds. The van der Waals surface area contributed by atoms with E-state index in [9.17, 15) is 8.42 Å². The van der Waals surface area contributed by atoms with Gasteiger partial charge in [0.05, 0.1) is 18.5 Å². The molecule has 6 heteroatoms. The molecule has 0 atom stereocenters. The van der Waals surface area contributed by atoms with Crippen LogP contribution in [0.1, 0.15) is 0 Å². The van der Waals surface area contributed by atoms with Crippen molar-refractivity contribution in [3.8, 4) is 11.1 Å². The molecule has 0 aliphatic heterocycles. The van der Waals surface area contributed by atoms with Gasteiger partial charge < -0.3 is 0 Å². The highest BCUT2D eigenvalue weighted by atomic mass is 35.5. The summed E-state index contributed by atoms with van der Waals surface area (Å²) in [6.45, 7) is 0.350. The van der Waals surface area contributed by atoms with Gasteiger partial charge in [-0.25, -0.2) is 8.42 Å². The lowest BCUT2D eigenvalue weighted by molar-refractivity contribution is 0.586. The highest BCUT2D eigenvalue weighted by molar-refractivity contribution is 7.90. The Balaban J connectivity index is 2.19. The van der Waals surface area contributed by atoms with Crippen molar-refractivity contribution in [3.63, 3.8) is 0 Å². The minimum Gasteiger partial charge on any atom is -0.271 e. The summed E-state index contributed by atoms with van der Waals surface area (Å²) in [5.41, 5.74) is 1.78. The molecule has 1 aromatic carbocycles. The lowest BCUT2D eigenvalue weighted by atomic mass is 10.1. The molecular weight excluding hydrogens is 272 g/mol. The number of benzene rings is 1. The Hall–Kier alpha value is -1.33. The van der Waals surface area contributed by atoms with Gasteiger partial charge in [-0.1, -0.05) is 29.8 Å². The van der Waals surface area contributed by atoms with E-state index < -0.39 is 9.84 Å². The van der Waals surface area contributed by atoms with Crippen LogP contribution in [0.2, 0.25) is 5.02 Å². The molecule has 0 aliphatic carbocycles. The van der Waals surface area contributed by atoms with Gasteiger partial charge in [-0.2, -0.15) is 5.10 Å². The highest BCUT2D eigenvalue weighted by Gasteiger charge is 2.07. The summed E-state index contributed by atoms with van der Waals surface area (Å²) >= 11 is 6.08. The van der Waals surface area contributed by atoms with Crippen LogP contribution in [0.15, 0.2) is 36.7 Å². The zero-order valence-electron chi connectivity index (χ0n) is 9.88. The molecule has 0 aliphatic rings. The fraction of sp³-hybridized carbons (Fsp3) is 0.250. The summed E-state index contributed by atoms with van der Waals surface area (Å²) in [4.78, 5) is 0. The summed E-state index contributed by atoms with van der Waals surface area (Å²) in [6.07, 6.45) is 4.70. The van der Waals surface area contributed by atoms with Crippen LogP contribution in [0.3, 0.4) is 0 Å². The third-order valence-corrected chi connectivity index (χ3v) is 3.76. The maximum Gasteiger partial charge on any atom is 0.149 e. The Labute approximate surface area is 111 Å². The van der Waals surface area contributed by atoms with Gasteiger partial charge in [-0.3, -0.25) is 4.68 Å². The summed E-state index contributed by atoms with van der Waals surface area (Å²) in [5.74, 6) is 0.0800. The van der Waals surface area contributed by atoms with Crippen LogP contribution >= 0.6 is 11.6 Å². The number of hydrogen-bond donors (Lipinski definition) is 0. The quantitative estimate of drug-likeness (QED) is 0.865. The molecule has 0 saturated carbocycles. The van der Waals surface area contributed by atoms with Crippen molar-refractivity contribution in [1.82, 2.24) is 9.78 Å². The Bertz CT molecular complexity index is 650. The number of rotatable bonds is 4. The van der Waals surface area contributed by atoms with E-state index in [-0.39, 0.29) is 5.75 Å². The molecular formula is C12H13ClN2O2S. The van der Waals surface area contributed by atoms with Gasteiger partial charge >= 0.3 is 0 Å². The molecule has 2 rings (SSSR count). The van der Waals surface area contributed by atoms with E-state index in [4.69, 9.17) is 11.6 Å². The first kappa shape index (κ1) is 13.1. The first-order chi connectivity index (χ1) is 8.46. The van der Waals surface area contributed by atoms with Crippen LogP contribution in [0.5, 0.6) is 0 Å². The third kappa shape index (κ3) is 3.34. The summed E-state index contributed by atoms with van der Waals surface area (Å²) in [5, 5.41) is 4.78. The van der Waals surface area contributed by atoms with Gasteiger partial charge in [-0.15, -0.1) is 0 Å². The van der Waals surface area contributed by atoms with Crippen molar-refractivity contribution >= 4 is 21.4 Å². The van der Waals surface area contributed by atoms with Crippen molar-refractivity contribution in [2.24, 2.45) is 0 Å². The van der Waals surface area contributed by atoms with Crippen LogP contribution in [0, 0.1) is 0 Å². The second-order valence-corrected chi connectivity index (χ2v) is 6.77. The number of hydrogen-bond acceptors (Lipinski definition) is 3. The predicted octanol–water partition coefficient (Wildman–Crippen LogP) is 2.25. The molecule has 2 aromatic rings. The molecule has 1 heterocycles. The minimum atomic E-state index is -2.97. The van der Waals surface area contributed by atoms with Crippen molar-refractivity contribution in [2.45, 2.75) is 6.54 Å². The van der Waals surface area contributed by atoms with Crippen molar-refractivity contribution in [2.75, 3.05) is 12.0 Å². The zero-order chi connectivity index (χ0) is 13.2. The van der Waals surface area contributed by atoms with Gasteiger partial charge in [0.1, 0.15) is 9.84 Å². The van der Waals surface area contributed by atoms with E-state index in [0.717, 1.165) is 11.1 Å². The van der Waals surface area contributed by atoms with Crippen LogP contribution in [-0.4, -0.2) is 30.2 Å². The average molecular weight is 285 g/mol. The Kier molecular flexibility index (Phi) is 3.73. The zero-order valence-corrected chi connectivity index (χ0v) is 11.4. The number of nitrogens with zero attached hydrogens (tertiary/aromatic N) is 2. The monoisotopic (exact) mass is 284 g/mol. The molecule has 18 heavy (non-hydrogen) atoms. The van der Waals surface area contributed by atoms with E-state index >= 15 is 0 Å². The molecule has 0 spiro atoms. The number of aromatic nitrogens is 2. The van der Waals surface area contributed by atoms with E-state index in [1.165, 1.54) is 6.26 Å². The molecule has 1 aromatic heterocycles. The molecule has 0 bridgehead atoms. The van der Waals surface area contributed by atoms with Gasteiger partial charge in [0.15, 0.2) is 0 Å². The Morgan fingerprint density at radius 2 is 2.06 bits per heavy atom. The van der Waals surface area contributed by atoms with Crippen LogP contribution in [-0.2, 0) is 16.4 Å². The van der Waals surface area contributed by atoms with E-state index in [0.29, 0.717) is 11.6 Å². The number of aryl methyl sites for hydroxylation is 1. The third-order valence-electron chi connectivity index (χ3n) is 2.51. The van der Waals surface area contributed by atoms with Crippen LogP contribution in [0.25, 0.3) is 11.1 Å². The van der Waals surface area contributed by atoms with Crippen molar-refractivity contribution < 1.29 is 8.42 Å². The molecule has 96 valence electrons. The normalized spacial score (nSPS) is 11.7. The standard InChI is InChI=1S/C12H13ClN2O2S/c1-18(16,17)7-6-15-9-10(8-14-15)11-4-2-3-5-12(11)13/h2-5,8-9H,6-7H2,1H3. The summed E-state index contributed by atoms with van der Waals surface area (Å²) in [6, 6.07) is 7.47. The molecule has 0 fully saturated rings. The maximum absolute atomic E-state index is 11.1. The Morgan fingerprint density at radius 3 is 2.72 bits per heavy atom. The average Bonchev–Trinajstić information content (AvgIpc) is 2.75. The van der Waals surface area contributed by atoms with Gasteiger partial charge in [0.25, 0.3) is 0 Å². The van der Waals surface area contributed by atoms with Crippen molar-refractivity contribution in [3.05, 3.63) is 41.7 Å². The molecule has 4 nitrogen and oxygen atoms in total. The summed E-state index contributed by atoms with van der Waals surface area (Å²) in [7, 11) is -2.97. The van der Waals surface area contributed by atoms with Gasteiger partial charge in [0.2, 0.25) is 0 Å². The first-order valence-electron chi connectivity index (χ1n) is 5.41. The van der Waals surface area contributed by atoms with Crippen molar-refractivity contribution in [1.29, 1.82) is 0 Å².